The molecule has 0 radical (unpaired) electrons. The fraction of sp³-hybridized carbons (Fsp3) is 0.222. The first-order chi connectivity index (χ1) is 11.1. The molecule has 0 aliphatic rings. The van der Waals surface area contributed by atoms with E-state index >= 15 is 0 Å². The van der Waals surface area contributed by atoms with Gasteiger partial charge in [-0.2, -0.15) is 0 Å². The molecule has 120 valence electrons. The second-order valence-electron chi connectivity index (χ2n) is 5.08. The summed E-state index contributed by atoms with van der Waals surface area (Å²) in [4.78, 5) is 23.5. The number of hydrogen-bond acceptors (Lipinski definition) is 4. The summed E-state index contributed by atoms with van der Waals surface area (Å²) >= 11 is 0. The van der Waals surface area contributed by atoms with Gasteiger partial charge in [-0.25, -0.2) is 0 Å². The van der Waals surface area contributed by atoms with Crippen molar-refractivity contribution in [3.05, 3.63) is 71.8 Å². The molecule has 0 heterocycles. The van der Waals surface area contributed by atoms with Gasteiger partial charge in [-0.1, -0.05) is 60.7 Å². The standard InChI is InChI=1S/C18H18O5/c19-11-15(13-7-3-1-4-8-13)18(22)23-12-16(17(20)21)14-9-5-2-6-10-14/h1-10,15-16,19H,11-12H2,(H,20,21). The lowest BCUT2D eigenvalue weighted by atomic mass is 9.99. The minimum atomic E-state index is -1.07. The van der Waals surface area contributed by atoms with Gasteiger partial charge in [-0.15, -0.1) is 0 Å². The predicted molar refractivity (Wildman–Crippen MR) is 84.0 cm³/mol. The normalized spacial score (nSPS) is 13.1. The molecule has 0 saturated heterocycles. The van der Waals surface area contributed by atoms with Gasteiger partial charge in [-0.3, -0.25) is 9.59 Å². The van der Waals surface area contributed by atoms with Crippen LogP contribution in [0.1, 0.15) is 23.0 Å². The number of aliphatic hydroxyl groups excluding tert-OH is 1. The number of ether oxygens (including phenoxy) is 1. The predicted octanol–water partition coefficient (Wildman–Crippen LogP) is 2.17. The SMILES string of the molecule is O=C(O)C(COC(=O)C(CO)c1ccccc1)c1ccccc1. The molecule has 0 aliphatic carbocycles. The first-order valence-corrected chi connectivity index (χ1v) is 7.23. The number of benzene rings is 2. The molecule has 0 amide bonds. The Hall–Kier alpha value is -2.66. The third kappa shape index (κ3) is 4.40. The number of carbonyl (C=O) groups excluding carboxylic acids is 1. The lowest BCUT2D eigenvalue weighted by Gasteiger charge is -2.17. The van der Waals surface area contributed by atoms with Crippen LogP contribution in [0.25, 0.3) is 0 Å². The average Bonchev–Trinajstić information content (AvgIpc) is 2.57. The number of aliphatic carboxylic acids is 1. The second kappa shape index (κ2) is 8.10. The first-order valence-electron chi connectivity index (χ1n) is 7.23. The van der Waals surface area contributed by atoms with Gasteiger partial charge in [0.25, 0.3) is 0 Å². The van der Waals surface area contributed by atoms with Crippen molar-refractivity contribution >= 4 is 11.9 Å². The van der Waals surface area contributed by atoms with E-state index in [4.69, 9.17) is 4.74 Å². The lowest BCUT2D eigenvalue weighted by Crippen LogP contribution is -2.24. The van der Waals surface area contributed by atoms with Crippen LogP contribution in [0.15, 0.2) is 60.7 Å². The minimum absolute atomic E-state index is 0.276. The van der Waals surface area contributed by atoms with Crippen LogP contribution in [0.3, 0.4) is 0 Å². The zero-order chi connectivity index (χ0) is 16.7. The van der Waals surface area contributed by atoms with Crippen molar-refractivity contribution in [3.63, 3.8) is 0 Å². The van der Waals surface area contributed by atoms with Gasteiger partial charge in [-0.05, 0) is 11.1 Å². The second-order valence-corrected chi connectivity index (χ2v) is 5.08. The Labute approximate surface area is 134 Å². The Morgan fingerprint density at radius 2 is 1.35 bits per heavy atom. The topological polar surface area (TPSA) is 83.8 Å². The van der Waals surface area contributed by atoms with Gasteiger partial charge in [0.15, 0.2) is 0 Å². The monoisotopic (exact) mass is 314 g/mol. The van der Waals surface area contributed by atoms with Crippen molar-refractivity contribution in [2.24, 2.45) is 0 Å². The highest BCUT2D eigenvalue weighted by Crippen LogP contribution is 2.20. The summed E-state index contributed by atoms with van der Waals surface area (Å²) in [5.41, 5.74) is 1.19. The number of carboxylic acid groups (broad SMARTS) is 1. The molecule has 0 aliphatic heterocycles. The quantitative estimate of drug-likeness (QED) is 0.765. The molecular weight excluding hydrogens is 296 g/mol. The van der Waals surface area contributed by atoms with E-state index < -0.39 is 30.4 Å². The van der Waals surface area contributed by atoms with Crippen LogP contribution < -0.4 is 0 Å². The van der Waals surface area contributed by atoms with E-state index in [2.05, 4.69) is 0 Å². The highest BCUT2D eigenvalue weighted by atomic mass is 16.5. The summed E-state index contributed by atoms with van der Waals surface area (Å²) in [6, 6.07) is 17.3. The van der Waals surface area contributed by atoms with E-state index in [1.165, 1.54) is 0 Å². The smallest absolute Gasteiger partial charge is 0.315 e. The van der Waals surface area contributed by atoms with Gasteiger partial charge in [0.2, 0.25) is 0 Å². The number of hydrogen-bond donors (Lipinski definition) is 2. The number of rotatable bonds is 7. The van der Waals surface area contributed by atoms with Crippen LogP contribution in [0.4, 0.5) is 0 Å². The molecule has 2 unspecified atom stereocenters. The Morgan fingerprint density at radius 3 is 1.78 bits per heavy atom. The van der Waals surface area contributed by atoms with Gasteiger partial charge < -0.3 is 14.9 Å². The summed E-state index contributed by atoms with van der Waals surface area (Å²) in [5.74, 6) is -3.46. The van der Waals surface area contributed by atoms with Crippen molar-refractivity contribution in [1.29, 1.82) is 0 Å². The molecule has 0 spiro atoms. The number of esters is 1. The number of aliphatic hydroxyl groups is 1. The minimum Gasteiger partial charge on any atom is -0.481 e. The Kier molecular flexibility index (Phi) is 5.88. The molecule has 5 heteroatoms. The maximum atomic E-state index is 12.2. The maximum Gasteiger partial charge on any atom is 0.315 e. The van der Waals surface area contributed by atoms with Crippen molar-refractivity contribution in [2.75, 3.05) is 13.2 Å². The van der Waals surface area contributed by atoms with Gasteiger partial charge >= 0.3 is 11.9 Å². The van der Waals surface area contributed by atoms with E-state index in [1.807, 2.05) is 0 Å². The Balaban J connectivity index is 2.05. The third-order valence-electron chi connectivity index (χ3n) is 3.56. The summed E-state index contributed by atoms with van der Waals surface area (Å²) < 4.78 is 5.15. The molecule has 0 fully saturated rings. The summed E-state index contributed by atoms with van der Waals surface area (Å²) in [6.07, 6.45) is 0. The van der Waals surface area contributed by atoms with E-state index in [0.717, 1.165) is 0 Å². The van der Waals surface area contributed by atoms with Crippen LogP contribution in [0.2, 0.25) is 0 Å². The van der Waals surface area contributed by atoms with Crippen molar-refractivity contribution in [1.82, 2.24) is 0 Å². The van der Waals surface area contributed by atoms with E-state index in [-0.39, 0.29) is 6.61 Å². The van der Waals surface area contributed by atoms with E-state index in [0.29, 0.717) is 11.1 Å². The summed E-state index contributed by atoms with van der Waals surface area (Å²) in [6.45, 7) is -0.673. The van der Waals surface area contributed by atoms with Gasteiger partial charge in [0, 0.05) is 0 Å². The third-order valence-corrected chi connectivity index (χ3v) is 3.56. The summed E-state index contributed by atoms with van der Waals surface area (Å²) in [5, 5.41) is 18.7. The van der Waals surface area contributed by atoms with Crippen LogP contribution in [-0.4, -0.2) is 35.4 Å². The van der Waals surface area contributed by atoms with Crippen LogP contribution in [-0.2, 0) is 14.3 Å². The molecule has 2 N–H and O–H groups in total. The molecule has 0 aromatic heterocycles. The highest BCUT2D eigenvalue weighted by molar-refractivity contribution is 5.80. The summed E-state index contributed by atoms with van der Waals surface area (Å²) in [7, 11) is 0. The molecular formula is C18H18O5. The van der Waals surface area contributed by atoms with Crippen molar-refractivity contribution < 1.29 is 24.5 Å². The Morgan fingerprint density at radius 1 is 0.870 bits per heavy atom. The molecule has 5 nitrogen and oxygen atoms in total. The van der Waals surface area contributed by atoms with E-state index in [9.17, 15) is 19.8 Å². The van der Waals surface area contributed by atoms with Crippen LogP contribution in [0.5, 0.6) is 0 Å². The molecule has 2 aromatic rings. The molecule has 2 aromatic carbocycles. The lowest BCUT2D eigenvalue weighted by molar-refractivity contribution is -0.150. The van der Waals surface area contributed by atoms with Gasteiger partial charge in [0.1, 0.15) is 18.4 Å². The molecule has 23 heavy (non-hydrogen) atoms. The van der Waals surface area contributed by atoms with Gasteiger partial charge in [0.05, 0.1) is 6.61 Å². The fourth-order valence-electron chi connectivity index (χ4n) is 2.26. The van der Waals surface area contributed by atoms with E-state index in [1.54, 1.807) is 60.7 Å². The fourth-order valence-corrected chi connectivity index (χ4v) is 2.26. The number of carboxylic acids is 1. The number of carbonyl (C=O) groups is 2. The highest BCUT2D eigenvalue weighted by Gasteiger charge is 2.26. The Bertz CT molecular complexity index is 639. The van der Waals surface area contributed by atoms with Crippen LogP contribution in [0, 0.1) is 0 Å². The zero-order valence-corrected chi connectivity index (χ0v) is 12.5. The molecule has 0 bridgehead atoms. The van der Waals surface area contributed by atoms with Crippen LogP contribution >= 0.6 is 0 Å². The zero-order valence-electron chi connectivity index (χ0n) is 12.5. The average molecular weight is 314 g/mol. The molecule has 2 rings (SSSR count). The van der Waals surface area contributed by atoms with Crippen molar-refractivity contribution in [3.8, 4) is 0 Å². The molecule has 0 saturated carbocycles. The maximum absolute atomic E-state index is 12.2. The van der Waals surface area contributed by atoms with Crippen molar-refractivity contribution in [2.45, 2.75) is 11.8 Å². The molecule has 2 atom stereocenters. The largest absolute Gasteiger partial charge is 0.481 e. The first kappa shape index (κ1) is 16.7.